The fraction of sp³-hybridized carbons (Fsp3) is 0.455. The van der Waals surface area contributed by atoms with Gasteiger partial charge in [0.15, 0.2) is 0 Å². The molecule has 0 saturated carbocycles. The van der Waals surface area contributed by atoms with E-state index in [-0.39, 0.29) is 4.90 Å². The molecule has 1 aliphatic rings. The first kappa shape index (κ1) is 21.6. The normalized spacial score (nSPS) is 14.5. The summed E-state index contributed by atoms with van der Waals surface area (Å²) in [5.74, 6) is 0.630. The highest BCUT2D eigenvalue weighted by Gasteiger charge is 2.23. The van der Waals surface area contributed by atoms with Gasteiger partial charge in [0.05, 0.1) is 11.5 Å². The number of para-hydroxylation sites is 1. The average Bonchev–Trinajstić information content (AvgIpc) is 3.26. The highest BCUT2D eigenvalue weighted by atomic mass is 32.2. The average molecular weight is 419 g/mol. The Bertz CT molecular complexity index is 878. The molecule has 0 N–H and O–H groups in total. The third-order valence-electron chi connectivity index (χ3n) is 5.06. The number of rotatable bonds is 10. The lowest BCUT2D eigenvalue weighted by Crippen LogP contribution is -2.28. The molecule has 0 radical (unpaired) electrons. The van der Waals surface area contributed by atoms with E-state index in [1.54, 1.807) is 31.3 Å². The first-order valence-corrected chi connectivity index (χ1v) is 11.6. The summed E-state index contributed by atoms with van der Waals surface area (Å²) < 4.78 is 38.3. The van der Waals surface area contributed by atoms with E-state index in [1.807, 2.05) is 25.1 Å². The number of ether oxygens (including phenoxy) is 2. The minimum absolute atomic E-state index is 0.260. The van der Waals surface area contributed by atoms with Gasteiger partial charge in [0, 0.05) is 39.0 Å². The van der Waals surface area contributed by atoms with Crippen LogP contribution in [-0.2, 0) is 21.3 Å². The number of sulfonamides is 1. The molecule has 158 valence electrons. The van der Waals surface area contributed by atoms with Gasteiger partial charge in [-0.15, -0.1) is 0 Å². The van der Waals surface area contributed by atoms with Crippen LogP contribution >= 0.6 is 0 Å². The Morgan fingerprint density at radius 3 is 2.38 bits per heavy atom. The zero-order valence-corrected chi connectivity index (χ0v) is 18.0. The number of hydrogen-bond donors (Lipinski definition) is 0. The smallest absolute Gasteiger partial charge is 0.243 e. The molecule has 2 aromatic rings. The molecule has 1 saturated heterocycles. The second kappa shape index (κ2) is 10.1. The van der Waals surface area contributed by atoms with Crippen molar-refractivity contribution in [3.63, 3.8) is 0 Å². The summed E-state index contributed by atoms with van der Waals surface area (Å²) >= 11 is 0. The lowest BCUT2D eigenvalue weighted by atomic mass is 10.1. The maximum absolute atomic E-state index is 13.0. The summed E-state index contributed by atoms with van der Waals surface area (Å²) in [7, 11) is -1.96. The fourth-order valence-corrected chi connectivity index (χ4v) is 4.64. The molecule has 1 heterocycles. The van der Waals surface area contributed by atoms with Crippen LogP contribution in [0.25, 0.3) is 0 Å². The third-order valence-corrected chi connectivity index (χ3v) is 6.88. The van der Waals surface area contributed by atoms with Crippen LogP contribution in [0.3, 0.4) is 0 Å². The predicted molar refractivity (Wildman–Crippen MR) is 115 cm³/mol. The summed E-state index contributed by atoms with van der Waals surface area (Å²) in [6, 6.07) is 14.6. The monoisotopic (exact) mass is 418 g/mol. The molecule has 0 unspecified atom stereocenters. The Morgan fingerprint density at radius 2 is 1.69 bits per heavy atom. The van der Waals surface area contributed by atoms with Gasteiger partial charge in [-0.3, -0.25) is 0 Å². The van der Waals surface area contributed by atoms with E-state index in [1.165, 1.54) is 17.1 Å². The van der Waals surface area contributed by atoms with Gasteiger partial charge in [0.2, 0.25) is 10.0 Å². The van der Waals surface area contributed by atoms with Crippen molar-refractivity contribution in [3.8, 4) is 5.75 Å². The molecule has 0 aromatic heterocycles. The molecule has 2 aromatic carbocycles. The summed E-state index contributed by atoms with van der Waals surface area (Å²) in [5, 5.41) is 0. The number of anilines is 1. The van der Waals surface area contributed by atoms with Gasteiger partial charge in [-0.25, -0.2) is 8.42 Å². The van der Waals surface area contributed by atoms with Crippen molar-refractivity contribution in [2.24, 2.45) is 0 Å². The molecule has 1 aliphatic heterocycles. The Hall–Kier alpha value is -2.09. The lowest BCUT2D eigenvalue weighted by molar-refractivity contribution is 0.110. The van der Waals surface area contributed by atoms with Crippen LogP contribution in [0, 0.1) is 0 Å². The topological polar surface area (TPSA) is 59.1 Å². The SMILES string of the molecule is CCOCCOc1ccc(S(=O)(=O)N(C)Cc2ccccc2N2CCCC2)cc1. The van der Waals surface area contributed by atoms with Gasteiger partial charge in [-0.05, 0) is 55.7 Å². The molecular formula is C22H30N2O4S. The maximum atomic E-state index is 13.0. The van der Waals surface area contributed by atoms with E-state index in [0.29, 0.717) is 32.1 Å². The first-order valence-electron chi connectivity index (χ1n) is 10.1. The minimum Gasteiger partial charge on any atom is -0.491 e. The molecule has 0 spiro atoms. The van der Waals surface area contributed by atoms with Gasteiger partial charge < -0.3 is 14.4 Å². The molecule has 0 bridgehead atoms. The Labute approximate surface area is 174 Å². The van der Waals surface area contributed by atoms with E-state index in [0.717, 1.165) is 24.3 Å². The predicted octanol–water partition coefficient (Wildman–Crippen LogP) is 3.52. The van der Waals surface area contributed by atoms with E-state index in [2.05, 4.69) is 11.0 Å². The quantitative estimate of drug-likeness (QED) is 0.553. The summed E-state index contributed by atoms with van der Waals surface area (Å²) in [6.45, 7) is 5.91. The molecule has 0 aliphatic carbocycles. The van der Waals surface area contributed by atoms with E-state index in [4.69, 9.17) is 9.47 Å². The summed E-state index contributed by atoms with van der Waals surface area (Å²) in [4.78, 5) is 2.60. The zero-order valence-electron chi connectivity index (χ0n) is 17.2. The summed E-state index contributed by atoms with van der Waals surface area (Å²) in [6.07, 6.45) is 2.36. The minimum atomic E-state index is -3.59. The van der Waals surface area contributed by atoms with Crippen molar-refractivity contribution in [1.29, 1.82) is 0 Å². The number of nitrogens with zero attached hydrogens (tertiary/aromatic N) is 2. The van der Waals surface area contributed by atoms with Gasteiger partial charge in [-0.1, -0.05) is 18.2 Å². The maximum Gasteiger partial charge on any atom is 0.243 e. The molecule has 1 fully saturated rings. The van der Waals surface area contributed by atoms with Crippen LogP contribution in [0.5, 0.6) is 5.75 Å². The molecule has 6 nitrogen and oxygen atoms in total. The molecule has 3 rings (SSSR count). The second-order valence-corrected chi connectivity index (χ2v) is 9.15. The first-order chi connectivity index (χ1) is 14.0. The lowest BCUT2D eigenvalue weighted by Gasteiger charge is -2.24. The highest BCUT2D eigenvalue weighted by Crippen LogP contribution is 2.27. The largest absolute Gasteiger partial charge is 0.491 e. The van der Waals surface area contributed by atoms with Gasteiger partial charge >= 0.3 is 0 Å². The van der Waals surface area contributed by atoms with Crippen molar-refractivity contribution in [1.82, 2.24) is 4.31 Å². The molecule has 29 heavy (non-hydrogen) atoms. The van der Waals surface area contributed by atoms with Crippen LogP contribution in [0.4, 0.5) is 5.69 Å². The molecule has 7 heteroatoms. The van der Waals surface area contributed by atoms with Crippen molar-refractivity contribution in [3.05, 3.63) is 54.1 Å². The third kappa shape index (κ3) is 5.50. The van der Waals surface area contributed by atoms with Crippen LogP contribution in [0.2, 0.25) is 0 Å². The Morgan fingerprint density at radius 1 is 1.00 bits per heavy atom. The number of benzene rings is 2. The van der Waals surface area contributed by atoms with Gasteiger partial charge in [-0.2, -0.15) is 4.31 Å². The van der Waals surface area contributed by atoms with Gasteiger partial charge in [0.25, 0.3) is 0 Å². The van der Waals surface area contributed by atoms with Crippen LogP contribution in [0.15, 0.2) is 53.4 Å². The molecule has 0 atom stereocenters. The Balaban J connectivity index is 1.68. The van der Waals surface area contributed by atoms with E-state index >= 15 is 0 Å². The van der Waals surface area contributed by atoms with E-state index < -0.39 is 10.0 Å². The van der Waals surface area contributed by atoms with Crippen molar-refractivity contribution in [2.45, 2.75) is 31.2 Å². The molecular weight excluding hydrogens is 388 g/mol. The summed E-state index contributed by atoms with van der Waals surface area (Å²) in [5.41, 5.74) is 2.15. The van der Waals surface area contributed by atoms with Crippen LogP contribution < -0.4 is 9.64 Å². The standard InChI is InChI=1S/C22H30N2O4S/c1-3-27-16-17-28-20-10-12-21(13-11-20)29(25,26)23(2)18-19-8-4-5-9-22(19)24-14-6-7-15-24/h4-5,8-13H,3,6-7,14-18H2,1-2H3. The number of hydrogen-bond acceptors (Lipinski definition) is 5. The van der Waals surface area contributed by atoms with E-state index in [9.17, 15) is 8.42 Å². The van der Waals surface area contributed by atoms with Crippen molar-refractivity contribution >= 4 is 15.7 Å². The van der Waals surface area contributed by atoms with Crippen LogP contribution in [-0.4, -0.2) is 52.7 Å². The Kier molecular flexibility index (Phi) is 7.52. The fourth-order valence-electron chi connectivity index (χ4n) is 3.49. The second-order valence-electron chi connectivity index (χ2n) is 7.10. The highest BCUT2D eigenvalue weighted by molar-refractivity contribution is 7.89. The molecule has 0 amide bonds. The van der Waals surface area contributed by atoms with Gasteiger partial charge in [0.1, 0.15) is 12.4 Å². The zero-order chi connectivity index (χ0) is 20.7. The van der Waals surface area contributed by atoms with Crippen molar-refractivity contribution < 1.29 is 17.9 Å². The van der Waals surface area contributed by atoms with Crippen molar-refractivity contribution in [2.75, 3.05) is 44.9 Å². The van der Waals surface area contributed by atoms with Crippen LogP contribution in [0.1, 0.15) is 25.3 Å².